The van der Waals surface area contributed by atoms with E-state index < -0.39 is 6.04 Å². The van der Waals surface area contributed by atoms with Crippen LogP contribution in [0.25, 0.3) is 0 Å². The van der Waals surface area contributed by atoms with Gasteiger partial charge in [-0.2, -0.15) is 0 Å². The van der Waals surface area contributed by atoms with Crippen molar-refractivity contribution in [1.29, 1.82) is 0 Å². The van der Waals surface area contributed by atoms with Crippen molar-refractivity contribution in [2.75, 3.05) is 5.32 Å². The van der Waals surface area contributed by atoms with Gasteiger partial charge in [0.25, 0.3) is 0 Å². The van der Waals surface area contributed by atoms with Crippen molar-refractivity contribution >= 4 is 34.8 Å². The summed E-state index contributed by atoms with van der Waals surface area (Å²) in [6.07, 6.45) is 0. The standard InChI is InChI=1S/C9H15N3OS.ClH/c1-5(2)7(10)8(13)12-9-11-6(3)4-14-9;/h4-5,7H,10H2,1-3H3,(H,11,12,13);1H. The number of hydrogen-bond acceptors (Lipinski definition) is 4. The lowest BCUT2D eigenvalue weighted by molar-refractivity contribution is -0.118. The third-order valence-corrected chi connectivity index (χ3v) is 2.75. The molecule has 0 saturated carbocycles. The van der Waals surface area contributed by atoms with Crippen LogP contribution in [0.2, 0.25) is 0 Å². The predicted molar refractivity (Wildman–Crippen MR) is 65.5 cm³/mol. The Balaban J connectivity index is 0.00000196. The molecule has 1 rings (SSSR count). The average molecular weight is 250 g/mol. The Bertz CT molecular complexity index is 327. The van der Waals surface area contributed by atoms with Gasteiger partial charge in [-0.15, -0.1) is 23.7 Å². The zero-order valence-electron chi connectivity index (χ0n) is 8.98. The van der Waals surface area contributed by atoms with Gasteiger partial charge >= 0.3 is 0 Å². The van der Waals surface area contributed by atoms with E-state index in [1.54, 1.807) is 0 Å². The summed E-state index contributed by atoms with van der Waals surface area (Å²) in [5.74, 6) is -0.0367. The summed E-state index contributed by atoms with van der Waals surface area (Å²) in [6, 6.07) is -0.473. The largest absolute Gasteiger partial charge is 0.320 e. The van der Waals surface area contributed by atoms with Gasteiger partial charge in [0.05, 0.1) is 11.7 Å². The molecule has 15 heavy (non-hydrogen) atoms. The van der Waals surface area contributed by atoms with Crippen LogP contribution in [0.5, 0.6) is 0 Å². The molecule has 4 nitrogen and oxygen atoms in total. The summed E-state index contributed by atoms with van der Waals surface area (Å²) in [7, 11) is 0. The lowest BCUT2D eigenvalue weighted by Gasteiger charge is -2.13. The molecule has 86 valence electrons. The van der Waals surface area contributed by atoms with Crippen LogP contribution in [-0.4, -0.2) is 16.9 Å². The molecule has 0 radical (unpaired) electrons. The molecule has 0 fully saturated rings. The fourth-order valence-electron chi connectivity index (χ4n) is 0.903. The second-order valence-electron chi connectivity index (χ2n) is 3.55. The first-order chi connectivity index (χ1) is 6.50. The van der Waals surface area contributed by atoms with Crippen molar-refractivity contribution < 1.29 is 4.79 Å². The Morgan fingerprint density at radius 1 is 1.60 bits per heavy atom. The van der Waals surface area contributed by atoms with Crippen LogP contribution >= 0.6 is 23.7 Å². The zero-order chi connectivity index (χ0) is 10.7. The molecule has 6 heteroatoms. The number of amides is 1. The molecule has 0 aromatic carbocycles. The Labute approximate surface area is 99.7 Å². The average Bonchev–Trinajstić information content (AvgIpc) is 2.49. The molecule has 0 aliphatic rings. The smallest absolute Gasteiger partial charge is 0.243 e. The second kappa shape index (κ2) is 6.05. The van der Waals surface area contributed by atoms with Gasteiger partial charge in [0, 0.05) is 5.38 Å². The van der Waals surface area contributed by atoms with E-state index in [-0.39, 0.29) is 24.2 Å². The maximum atomic E-state index is 11.5. The van der Waals surface area contributed by atoms with Crippen molar-refractivity contribution in [3.05, 3.63) is 11.1 Å². The van der Waals surface area contributed by atoms with Crippen molar-refractivity contribution in [2.24, 2.45) is 11.7 Å². The number of carbonyl (C=O) groups excluding carboxylic acids is 1. The molecule has 0 spiro atoms. The van der Waals surface area contributed by atoms with Crippen LogP contribution in [-0.2, 0) is 4.79 Å². The molecule has 3 N–H and O–H groups in total. The molecule has 1 aromatic heterocycles. The van der Waals surface area contributed by atoms with E-state index >= 15 is 0 Å². The quantitative estimate of drug-likeness (QED) is 0.858. The summed E-state index contributed by atoms with van der Waals surface area (Å²) in [4.78, 5) is 15.6. The van der Waals surface area contributed by atoms with Crippen LogP contribution in [0.3, 0.4) is 0 Å². The Morgan fingerprint density at radius 2 is 2.20 bits per heavy atom. The van der Waals surface area contributed by atoms with Gasteiger partial charge in [-0.05, 0) is 12.8 Å². The number of hydrogen-bond donors (Lipinski definition) is 2. The van der Waals surface area contributed by atoms with Gasteiger partial charge in [0.15, 0.2) is 5.13 Å². The number of rotatable bonds is 3. The molecule has 1 atom stereocenters. The van der Waals surface area contributed by atoms with Crippen LogP contribution in [0, 0.1) is 12.8 Å². The van der Waals surface area contributed by atoms with E-state index in [1.165, 1.54) is 11.3 Å². The first kappa shape index (κ1) is 14.3. The highest BCUT2D eigenvalue weighted by molar-refractivity contribution is 7.13. The molecular formula is C9H16ClN3OS. The predicted octanol–water partition coefficient (Wildman–Crippen LogP) is 1.80. The summed E-state index contributed by atoms with van der Waals surface area (Å²) in [6.45, 7) is 5.71. The number of aryl methyl sites for hydroxylation is 1. The van der Waals surface area contributed by atoms with E-state index in [0.717, 1.165) is 5.69 Å². The zero-order valence-corrected chi connectivity index (χ0v) is 10.6. The molecule has 1 aromatic rings. The summed E-state index contributed by atoms with van der Waals surface area (Å²) in [5.41, 5.74) is 6.59. The summed E-state index contributed by atoms with van der Waals surface area (Å²) >= 11 is 1.41. The number of halogens is 1. The van der Waals surface area contributed by atoms with Gasteiger partial charge in [0.2, 0.25) is 5.91 Å². The van der Waals surface area contributed by atoms with E-state index in [0.29, 0.717) is 5.13 Å². The minimum atomic E-state index is -0.473. The fraction of sp³-hybridized carbons (Fsp3) is 0.556. The van der Waals surface area contributed by atoms with Crippen molar-refractivity contribution in [1.82, 2.24) is 4.98 Å². The van der Waals surface area contributed by atoms with Crippen LogP contribution < -0.4 is 11.1 Å². The van der Waals surface area contributed by atoms with Gasteiger partial charge in [-0.1, -0.05) is 13.8 Å². The van der Waals surface area contributed by atoms with Crippen LogP contribution in [0.15, 0.2) is 5.38 Å². The molecule has 0 aliphatic heterocycles. The van der Waals surface area contributed by atoms with E-state index in [4.69, 9.17) is 5.73 Å². The highest BCUT2D eigenvalue weighted by Gasteiger charge is 2.17. The fourth-order valence-corrected chi connectivity index (χ4v) is 1.59. The van der Waals surface area contributed by atoms with E-state index in [1.807, 2.05) is 26.2 Å². The number of aromatic nitrogens is 1. The summed E-state index contributed by atoms with van der Waals surface area (Å²) < 4.78 is 0. The Morgan fingerprint density at radius 3 is 2.60 bits per heavy atom. The number of carbonyl (C=O) groups is 1. The van der Waals surface area contributed by atoms with Crippen LogP contribution in [0.4, 0.5) is 5.13 Å². The third kappa shape index (κ3) is 4.15. The van der Waals surface area contributed by atoms with Gasteiger partial charge in [-0.3, -0.25) is 4.79 Å². The lowest BCUT2D eigenvalue weighted by Crippen LogP contribution is -2.39. The third-order valence-electron chi connectivity index (χ3n) is 1.87. The molecule has 0 aliphatic carbocycles. The molecule has 1 amide bonds. The van der Waals surface area contributed by atoms with E-state index in [2.05, 4.69) is 10.3 Å². The minimum absolute atomic E-state index is 0. The second-order valence-corrected chi connectivity index (χ2v) is 4.41. The lowest BCUT2D eigenvalue weighted by atomic mass is 10.1. The molecule has 1 unspecified atom stereocenters. The molecule has 0 saturated heterocycles. The van der Waals surface area contributed by atoms with Crippen molar-refractivity contribution in [3.8, 4) is 0 Å². The topological polar surface area (TPSA) is 68.0 Å². The normalized spacial score (nSPS) is 12.1. The number of thiazole rings is 1. The first-order valence-corrected chi connectivity index (χ1v) is 5.37. The first-order valence-electron chi connectivity index (χ1n) is 4.49. The number of anilines is 1. The van der Waals surface area contributed by atoms with Crippen molar-refractivity contribution in [3.63, 3.8) is 0 Å². The maximum absolute atomic E-state index is 11.5. The van der Waals surface area contributed by atoms with Crippen LogP contribution in [0.1, 0.15) is 19.5 Å². The molecule has 1 heterocycles. The molecular weight excluding hydrogens is 234 g/mol. The van der Waals surface area contributed by atoms with Gasteiger partial charge in [-0.25, -0.2) is 4.98 Å². The van der Waals surface area contributed by atoms with Gasteiger partial charge < -0.3 is 11.1 Å². The minimum Gasteiger partial charge on any atom is -0.320 e. The number of nitrogens with two attached hydrogens (primary N) is 1. The Hall–Kier alpha value is -0.650. The van der Waals surface area contributed by atoms with Crippen molar-refractivity contribution in [2.45, 2.75) is 26.8 Å². The SMILES string of the molecule is Cc1csc(NC(=O)C(N)C(C)C)n1.Cl. The van der Waals surface area contributed by atoms with Gasteiger partial charge in [0.1, 0.15) is 0 Å². The highest BCUT2D eigenvalue weighted by atomic mass is 35.5. The number of nitrogens with zero attached hydrogens (tertiary/aromatic N) is 1. The van der Waals surface area contributed by atoms with E-state index in [9.17, 15) is 4.79 Å². The monoisotopic (exact) mass is 249 g/mol. The number of nitrogens with one attached hydrogen (secondary N) is 1. The molecule has 0 bridgehead atoms. The highest BCUT2D eigenvalue weighted by Crippen LogP contribution is 2.15. The Kier molecular flexibility index (Phi) is 5.79. The maximum Gasteiger partial charge on any atom is 0.243 e. The summed E-state index contributed by atoms with van der Waals surface area (Å²) in [5, 5.41) is 5.19.